The van der Waals surface area contributed by atoms with Crippen molar-refractivity contribution in [1.29, 1.82) is 0 Å². The Kier molecular flexibility index (Phi) is 3.79. The molecule has 0 radical (unpaired) electrons. The highest BCUT2D eigenvalue weighted by atomic mass is 32.1. The van der Waals surface area contributed by atoms with Crippen LogP contribution in [-0.4, -0.2) is 35.2 Å². The number of hydrogen-bond donors (Lipinski definition) is 0. The fraction of sp³-hybridized carbons (Fsp3) is 0.125. The quantitative estimate of drug-likeness (QED) is 0.489. The summed E-state index contributed by atoms with van der Waals surface area (Å²) in [5.74, 6) is -1.81. The first kappa shape index (κ1) is 15.1. The van der Waals surface area contributed by atoms with E-state index in [-0.39, 0.29) is 10.7 Å². The van der Waals surface area contributed by atoms with Crippen LogP contribution in [0, 0.1) is 0 Å². The van der Waals surface area contributed by atoms with E-state index in [0.29, 0.717) is 16.0 Å². The smallest absolute Gasteiger partial charge is 0.350 e. The second-order valence-corrected chi connectivity index (χ2v) is 5.95. The molecule has 7 heteroatoms. The van der Waals surface area contributed by atoms with Crippen molar-refractivity contribution in [3.63, 3.8) is 0 Å². The third-order valence-corrected chi connectivity index (χ3v) is 4.52. The Morgan fingerprint density at radius 3 is 2.09 bits per heavy atom. The molecule has 0 atom stereocenters. The van der Waals surface area contributed by atoms with Crippen LogP contribution in [0.1, 0.15) is 47.0 Å². The van der Waals surface area contributed by atoms with E-state index < -0.39 is 24.5 Å². The highest BCUT2D eigenvalue weighted by Crippen LogP contribution is 2.23. The maximum Gasteiger partial charge on any atom is 0.350 e. The molecule has 0 spiro atoms. The average molecular weight is 329 g/mol. The van der Waals surface area contributed by atoms with Gasteiger partial charge in [-0.15, -0.1) is 11.3 Å². The lowest BCUT2D eigenvalue weighted by Crippen LogP contribution is -2.33. The predicted molar refractivity (Wildman–Crippen MR) is 81.5 cm³/mol. The van der Waals surface area contributed by atoms with E-state index in [0.717, 1.165) is 16.2 Å². The first-order valence-electron chi connectivity index (χ1n) is 6.72. The molecule has 0 saturated carbocycles. The van der Waals surface area contributed by atoms with E-state index in [1.165, 1.54) is 19.1 Å². The van der Waals surface area contributed by atoms with Crippen LogP contribution < -0.4 is 0 Å². The third kappa shape index (κ3) is 2.66. The van der Waals surface area contributed by atoms with Crippen molar-refractivity contribution in [2.45, 2.75) is 6.92 Å². The first-order chi connectivity index (χ1) is 11.0. The number of fused-ring (bicyclic) bond motifs is 1. The number of ether oxygens (including phenoxy) is 1. The van der Waals surface area contributed by atoms with Crippen molar-refractivity contribution in [3.05, 3.63) is 57.3 Å². The Hall–Kier alpha value is -2.80. The molecule has 116 valence electrons. The monoisotopic (exact) mass is 329 g/mol. The van der Waals surface area contributed by atoms with Gasteiger partial charge in [0.2, 0.25) is 0 Å². The first-order valence-corrected chi connectivity index (χ1v) is 7.54. The summed E-state index contributed by atoms with van der Waals surface area (Å²) in [4.78, 5) is 49.0. The van der Waals surface area contributed by atoms with E-state index in [2.05, 4.69) is 0 Å². The van der Waals surface area contributed by atoms with Crippen LogP contribution in [-0.2, 0) is 4.74 Å². The van der Waals surface area contributed by atoms with Crippen LogP contribution in [0.4, 0.5) is 0 Å². The van der Waals surface area contributed by atoms with Gasteiger partial charge in [0.25, 0.3) is 11.8 Å². The minimum atomic E-state index is -0.681. The van der Waals surface area contributed by atoms with Crippen molar-refractivity contribution in [3.8, 4) is 0 Å². The topological polar surface area (TPSA) is 80.8 Å². The van der Waals surface area contributed by atoms with Crippen molar-refractivity contribution in [2.24, 2.45) is 0 Å². The number of benzene rings is 1. The van der Waals surface area contributed by atoms with Gasteiger partial charge in [-0.3, -0.25) is 14.4 Å². The molecule has 6 nitrogen and oxygen atoms in total. The number of carbonyl (C=O) groups excluding carboxylic acids is 4. The molecule has 0 bridgehead atoms. The summed E-state index contributed by atoms with van der Waals surface area (Å²) in [5, 5.41) is 0. The summed E-state index contributed by atoms with van der Waals surface area (Å²) in [7, 11) is 0. The van der Waals surface area contributed by atoms with Gasteiger partial charge < -0.3 is 4.74 Å². The molecule has 0 unspecified atom stereocenters. The number of nitrogens with zero attached hydrogens (tertiary/aromatic N) is 1. The van der Waals surface area contributed by atoms with Crippen LogP contribution in [0.2, 0.25) is 0 Å². The van der Waals surface area contributed by atoms with Gasteiger partial charge in [-0.2, -0.15) is 0 Å². The number of imide groups is 1. The number of rotatable bonds is 4. The summed E-state index contributed by atoms with van der Waals surface area (Å²) in [6.07, 6.45) is 0. The number of ketones is 1. The molecule has 0 N–H and O–H groups in total. The molecular formula is C16H11NO5S. The minimum absolute atomic E-state index is 0.144. The predicted octanol–water partition coefficient (Wildman–Crippen LogP) is 2.36. The molecule has 1 aliphatic heterocycles. The zero-order chi connectivity index (χ0) is 16.6. The van der Waals surface area contributed by atoms with Crippen LogP contribution in [0.5, 0.6) is 0 Å². The number of hydrogen-bond acceptors (Lipinski definition) is 6. The van der Waals surface area contributed by atoms with E-state index in [1.807, 2.05) is 0 Å². The van der Waals surface area contributed by atoms with Crippen molar-refractivity contribution >= 4 is 34.9 Å². The number of Topliss-reactive ketones (excluding diaryl/α,β-unsaturated/α-hetero) is 1. The van der Waals surface area contributed by atoms with Gasteiger partial charge in [0.1, 0.15) is 4.88 Å². The molecule has 1 aromatic carbocycles. The second-order valence-electron chi connectivity index (χ2n) is 4.86. The molecule has 3 rings (SSSR count). The number of thiophene rings is 1. The Labute approximate surface area is 135 Å². The highest BCUT2D eigenvalue weighted by Gasteiger charge is 2.35. The maximum atomic E-state index is 12.1. The Bertz CT molecular complexity index is 804. The van der Waals surface area contributed by atoms with E-state index >= 15 is 0 Å². The largest absolute Gasteiger partial charge is 0.439 e. The number of amides is 2. The number of esters is 1. The Morgan fingerprint density at radius 2 is 1.57 bits per heavy atom. The van der Waals surface area contributed by atoms with Crippen molar-refractivity contribution < 1.29 is 23.9 Å². The molecule has 2 amide bonds. The van der Waals surface area contributed by atoms with Crippen molar-refractivity contribution in [2.75, 3.05) is 6.73 Å². The zero-order valence-electron chi connectivity index (χ0n) is 12.1. The average Bonchev–Trinajstić information content (AvgIpc) is 3.12. The molecule has 0 aliphatic carbocycles. The SMILES string of the molecule is CC(=O)c1ccc(C(=O)OCN2C(=O)c3ccccc3C2=O)s1. The minimum Gasteiger partial charge on any atom is -0.439 e. The van der Waals surface area contributed by atoms with Gasteiger partial charge in [-0.25, -0.2) is 9.69 Å². The summed E-state index contributed by atoms with van der Waals surface area (Å²) < 4.78 is 5.02. The number of carbonyl (C=O) groups is 4. The summed E-state index contributed by atoms with van der Waals surface area (Å²) in [6.45, 7) is 0.943. The van der Waals surface area contributed by atoms with Gasteiger partial charge in [0, 0.05) is 0 Å². The molecule has 0 fully saturated rings. The van der Waals surface area contributed by atoms with E-state index in [4.69, 9.17) is 4.74 Å². The van der Waals surface area contributed by atoms with E-state index in [1.54, 1.807) is 24.3 Å². The molecule has 1 aliphatic rings. The fourth-order valence-corrected chi connectivity index (χ4v) is 2.98. The maximum absolute atomic E-state index is 12.1. The van der Waals surface area contributed by atoms with Gasteiger partial charge in [0.05, 0.1) is 16.0 Å². The van der Waals surface area contributed by atoms with Crippen LogP contribution in [0.25, 0.3) is 0 Å². The second kappa shape index (κ2) is 5.77. The van der Waals surface area contributed by atoms with Crippen LogP contribution in [0.3, 0.4) is 0 Å². The summed E-state index contributed by atoms with van der Waals surface area (Å²) >= 11 is 1.01. The molecule has 1 aromatic heterocycles. The Morgan fingerprint density at radius 1 is 1.00 bits per heavy atom. The zero-order valence-corrected chi connectivity index (χ0v) is 12.9. The van der Waals surface area contributed by atoms with E-state index in [9.17, 15) is 19.2 Å². The van der Waals surface area contributed by atoms with Gasteiger partial charge in [0.15, 0.2) is 12.5 Å². The summed E-state index contributed by atoms with van der Waals surface area (Å²) in [6, 6.07) is 9.44. The van der Waals surface area contributed by atoms with Gasteiger partial charge >= 0.3 is 5.97 Å². The van der Waals surface area contributed by atoms with Gasteiger partial charge in [-0.05, 0) is 31.2 Å². The molecule has 23 heavy (non-hydrogen) atoms. The lowest BCUT2D eigenvalue weighted by Gasteiger charge is -2.13. The van der Waals surface area contributed by atoms with Crippen molar-refractivity contribution in [1.82, 2.24) is 4.90 Å². The highest BCUT2D eigenvalue weighted by molar-refractivity contribution is 7.15. The standard InChI is InChI=1S/C16H11NO5S/c1-9(18)12-6-7-13(23-12)16(21)22-8-17-14(19)10-4-2-3-5-11(10)15(17)20/h2-7H,8H2,1H3. The normalized spacial score (nSPS) is 13.2. The third-order valence-electron chi connectivity index (χ3n) is 3.36. The molecule has 2 heterocycles. The molecule has 0 saturated heterocycles. The van der Waals surface area contributed by atoms with Crippen LogP contribution >= 0.6 is 11.3 Å². The molecular weight excluding hydrogens is 318 g/mol. The fourth-order valence-electron chi connectivity index (χ4n) is 2.19. The lowest BCUT2D eigenvalue weighted by molar-refractivity contribution is 0.0232. The summed E-state index contributed by atoms with van der Waals surface area (Å²) in [5.41, 5.74) is 0.590. The van der Waals surface area contributed by atoms with Gasteiger partial charge in [-0.1, -0.05) is 12.1 Å². The van der Waals surface area contributed by atoms with Crippen LogP contribution in [0.15, 0.2) is 36.4 Å². The molecule has 2 aromatic rings. The lowest BCUT2D eigenvalue weighted by atomic mass is 10.1. The Balaban J connectivity index is 1.69.